The number of nitrogens with one attached hydrogen (secondary N) is 1. The number of benzene rings is 1. The Morgan fingerprint density at radius 3 is 2.73 bits per heavy atom. The number of hydrogen-bond donors (Lipinski definition) is 1. The zero-order valence-corrected chi connectivity index (χ0v) is 16.0. The minimum atomic E-state index is -0.489. The maximum Gasteiger partial charge on any atom is 0.420 e. The van der Waals surface area contributed by atoms with Gasteiger partial charge < -0.3 is 14.6 Å². The molecular weight excluding hydrogens is 330 g/mol. The van der Waals surface area contributed by atoms with Gasteiger partial charge in [-0.15, -0.1) is 0 Å². The largest absolute Gasteiger partial charge is 0.420 e. The molecule has 26 heavy (non-hydrogen) atoms. The highest BCUT2D eigenvalue weighted by atomic mass is 16.4. The molecule has 2 aromatic rings. The topological polar surface area (TPSA) is 67.5 Å². The van der Waals surface area contributed by atoms with E-state index in [2.05, 4.69) is 24.1 Å². The number of oxazole rings is 1. The van der Waals surface area contributed by atoms with Crippen LogP contribution in [0.15, 0.2) is 27.4 Å². The molecule has 142 valence electrons. The highest BCUT2D eigenvalue weighted by molar-refractivity contribution is 5.79. The predicted molar refractivity (Wildman–Crippen MR) is 102 cm³/mol. The van der Waals surface area contributed by atoms with Crippen LogP contribution in [0, 0.1) is 18.8 Å². The summed E-state index contributed by atoms with van der Waals surface area (Å²) in [4.78, 5) is 26.7. The fraction of sp³-hybridized carbons (Fsp3) is 0.600. The molecule has 1 aromatic carbocycles. The maximum absolute atomic E-state index is 12.2. The van der Waals surface area contributed by atoms with Crippen LogP contribution in [0.2, 0.25) is 0 Å². The summed E-state index contributed by atoms with van der Waals surface area (Å²) in [6.07, 6.45) is 2.23. The van der Waals surface area contributed by atoms with E-state index in [1.165, 1.54) is 11.0 Å². The molecule has 1 N–H and O–H groups in total. The van der Waals surface area contributed by atoms with E-state index in [1.54, 1.807) is 6.07 Å². The lowest BCUT2D eigenvalue weighted by Crippen LogP contribution is -2.40. The first-order valence-electron chi connectivity index (χ1n) is 9.51. The summed E-state index contributed by atoms with van der Waals surface area (Å²) in [6.45, 7) is 10.5. The van der Waals surface area contributed by atoms with E-state index < -0.39 is 5.76 Å². The summed E-state index contributed by atoms with van der Waals surface area (Å²) in [7, 11) is 0. The van der Waals surface area contributed by atoms with Gasteiger partial charge in [-0.25, -0.2) is 4.79 Å². The lowest BCUT2D eigenvalue weighted by atomic mass is 9.92. The number of carbonyl (C=O) groups excluding carboxylic acids is 1. The van der Waals surface area contributed by atoms with Crippen molar-refractivity contribution in [3.05, 3.63) is 34.3 Å². The molecule has 0 unspecified atom stereocenters. The standard InChI is InChI=1S/C20H29N3O3/c1-14-5-6-18-17(10-14)23(20(25)26-18)13-19(24)21-7-4-8-22-11-15(2)9-16(3)12-22/h5-6,10,15-16H,4,7-9,11-13H2,1-3H3,(H,21,24)/t15-,16-/m0/s1. The first kappa shape index (κ1) is 18.7. The molecular formula is C20H29N3O3. The van der Waals surface area contributed by atoms with Crippen molar-refractivity contribution in [2.24, 2.45) is 11.8 Å². The third-order valence-electron chi connectivity index (χ3n) is 5.04. The van der Waals surface area contributed by atoms with Gasteiger partial charge in [-0.1, -0.05) is 19.9 Å². The van der Waals surface area contributed by atoms with E-state index in [0.717, 1.165) is 43.5 Å². The number of piperidine rings is 1. The van der Waals surface area contributed by atoms with Gasteiger partial charge in [0, 0.05) is 19.6 Å². The number of amides is 1. The molecule has 1 saturated heterocycles. The second-order valence-corrected chi connectivity index (χ2v) is 7.83. The van der Waals surface area contributed by atoms with Crippen molar-refractivity contribution in [2.45, 2.75) is 40.2 Å². The minimum absolute atomic E-state index is 0.00688. The van der Waals surface area contributed by atoms with E-state index in [1.807, 2.05) is 19.1 Å². The summed E-state index contributed by atoms with van der Waals surface area (Å²) < 4.78 is 6.60. The van der Waals surface area contributed by atoms with Gasteiger partial charge in [0.15, 0.2) is 5.58 Å². The second-order valence-electron chi connectivity index (χ2n) is 7.83. The van der Waals surface area contributed by atoms with Gasteiger partial charge >= 0.3 is 5.76 Å². The molecule has 0 aliphatic carbocycles. The third-order valence-corrected chi connectivity index (χ3v) is 5.04. The third kappa shape index (κ3) is 4.55. The molecule has 0 bridgehead atoms. The molecule has 1 aliphatic heterocycles. The Hall–Kier alpha value is -2.08. The van der Waals surface area contributed by atoms with Gasteiger partial charge in [0.05, 0.1) is 5.52 Å². The summed E-state index contributed by atoms with van der Waals surface area (Å²) in [6, 6.07) is 5.52. The Labute approximate surface area is 154 Å². The number of aromatic nitrogens is 1. The molecule has 0 radical (unpaired) electrons. The lowest BCUT2D eigenvalue weighted by molar-refractivity contribution is -0.121. The van der Waals surface area contributed by atoms with E-state index in [0.29, 0.717) is 17.6 Å². The van der Waals surface area contributed by atoms with E-state index in [9.17, 15) is 9.59 Å². The van der Waals surface area contributed by atoms with Gasteiger partial charge in [-0.2, -0.15) is 0 Å². The average Bonchev–Trinajstić information content (AvgIpc) is 2.86. The summed E-state index contributed by atoms with van der Waals surface area (Å²) >= 11 is 0. The van der Waals surface area contributed by atoms with Crippen molar-refractivity contribution in [1.82, 2.24) is 14.8 Å². The Morgan fingerprint density at radius 1 is 1.27 bits per heavy atom. The Bertz CT molecular complexity index is 813. The van der Waals surface area contributed by atoms with Crippen molar-refractivity contribution in [1.29, 1.82) is 0 Å². The SMILES string of the molecule is Cc1ccc2oc(=O)n(CC(=O)NCCCN3C[C@@H](C)C[C@H](C)C3)c2c1. The Morgan fingerprint density at radius 2 is 2.00 bits per heavy atom. The maximum atomic E-state index is 12.2. The normalized spacial score (nSPS) is 21.2. The van der Waals surface area contributed by atoms with Gasteiger partial charge in [0.25, 0.3) is 0 Å². The van der Waals surface area contributed by atoms with Crippen LogP contribution in [0.3, 0.4) is 0 Å². The molecule has 2 heterocycles. The quantitative estimate of drug-likeness (QED) is 0.804. The van der Waals surface area contributed by atoms with Crippen LogP contribution in [0.1, 0.15) is 32.3 Å². The molecule has 2 atom stereocenters. The fourth-order valence-electron chi connectivity index (χ4n) is 4.03. The minimum Gasteiger partial charge on any atom is -0.408 e. The molecule has 1 amide bonds. The smallest absolute Gasteiger partial charge is 0.408 e. The van der Waals surface area contributed by atoms with Crippen LogP contribution in [0.4, 0.5) is 0 Å². The van der Waals surface area contributed by atoms with E-state index >= 15 is 0 Å². The van der Waals surface area contributed by atoms with Crippen LogP contribution in [0.25, 0.3) is 11.1 Å². The van der Waals surface area contributed by atoms with Gasteiger partial charge in [-0.05, 0) is 55.8 Å². The molecule has 0 spiro atoms. The van der Waals surface area contributed by atoms with Gasteiger partial charge in [-0.3, -0.25) is 9.36 Å². The Balaban J connectivity index is 1.48. The first-order chi connectivity index (χ1) is 12.4. The van der Waals surface area contributed by atoms with Gasteiger partial charge in [0.1, 0.15) is 6.54 Å². The van der Waals surface area contributed by atoms with Crippen molar-refractivity contribution in [3.8, 4) is 0 Å². The number of fused-ring (bicyclic) bond motifs is 1. The monoisotopic (exact) mass is 359 g/mol. The molecule has 1 aliphatic rings. The molecule has 0 saturated carbocycles. The zero-order valence-electron chi connectivity index (χ0n) is 16.0. The van der Waals surface area contributed by atoms with Crippen molar-refractivity contribution in [3.63, 3.8) is 0 Å². The zero-order chi connectivity index (χ0) is 18.7. The fourth-order valence-corrected chi connectivity index (χ4v) is 4.03. The van der Waals surface area contributed by atoms with E-state index in [-0.39, 0.29) is 12.5 Å². The summed E-state index contributed by atoms with van der Waals surface area (Å²) in [5.41, 5.74) is 2.21. The molecule has 6 heteroatoms. The number of aryl methyl sites for hydroxylation is 1. The van der Waals surface area contributed by atoms with Crippen molar-refractivity contribution < 1.29 is 9.21 Å². The number of rotatable bonds is 6. The number of carbonyl (C=O) groups is 1. The second kappa shape index (κ2) is 8.08. The van der Waals surface area contributed by atoms with Gasteiger partial charge in [0.2, 0.25) is 5.91 Å². The van der Waals surface area contributed by atoms with Crippen molar-refractivity contribution >= 4 is 17.0 Å². The molecule has 1 aromatic heterocycles. The molecule has 1 fully saturated rings. The van der Waals surface area contributed by atoms with E-state index in [4.69, 9.17) is 4.42 Å². The van der Waals surface area contributed by atoms with Crippen LogP contribution in [-0.4, -0.2) is 41.6 Å². The first-order valence-corrected chi connectivity index (χ1v) is 9.51. The highest BCUT2D eigenvalue weighted by Gasteiger charge is 2.21. The Kier molecular flexibility index (Phi) is 5.81. The summed E-state index contributed by atoms with van der Waals surface area (Å²) in [5.74, 6) is 0.852. The summed E-state index contributed by atoms with van der Waals surface area (Å²) in [5, 5.41) is 2.92. The predicted octanol–water partition coefficient (Wildman–Crippen LogP) is 2.39. The molecule has 3 rings (SSSR count). The van der Waals surface area contributed by atoms with Crippen LogP contribution >= 0.6 is 0 Å². The van der Waals surface area contributed by atoms with Crippen LogP contribution in [-0.2, 0) is 11.3 Å². The van der Waals surface area contributed by atoms with Crippen LogP contribution < -0.4 is 11.1 Å². The molecule has 6 nitrogen and oxygen atoms in total. The number of likely N-dealkylation sites (tertiary alicyclic amines) is 1. The average molecular weight is 359 g/mol. The van der Waals surface area contributed by atoms with Crippen LogP contribution in [0.5, 0.6) is 0 Å². The highest BCUT2D eigenvalue weighted by Crippen LogP contribution is 2.20. The van der Waals surface area contributed by atoms with Crippen molar-refractivity contribution in [2.75, 3.05) is 26.2 Å². The number of hydrogen-bond acceptors (Lipinski definition) is 4. The number of nitrogens with zero attached hydrogens (tertiary/aromatic N) is 2. The lowest BCUT2D eigenvalue weighted by Gasteiger charge is -2.34.